The van der Waals surface area contributed by atoms with Gasteiger partial charge in [0.15, 0.2) is 8.32 Å². The molecule has 122 valence electrons. The van der Waals surface area contributed by atoms with Crippen molar-refractivity contribution in [2.24, 2.45) is 5.92 Å². The number of piperidine rings is 1. The first-order valence-electron chi connectivity index (χ1n) is 8.22. The van der Waals surface area contributed by atoms with E-state index in [0.717, 1.165) is 19.4 Å². The molecule has 5 heteroatoms. The summed E-state index contributed by atoms with van der Waals surface area (Å²) in [6.45, 7) is 14.9. The van der Waals surface area contributed by atoms with Gasteiger partial charge in [0.1, 0.15) is 6.61 Å². The molecular weight excluding hydrogens is 282 g/mol. The van der Waals surface area contributed by atoms with Crippen LogP contribution in [0.2, 0.25) is 18.1 Å². The van der Waals surface area contributed by atoms with E-state index >= 15 is 0 Å². The van der Waals surface area contributed by atoms with Crippen LogP contribution >= 0.6 is 0 Å². The lowest BCUT2D eigenvalue weighted by Gasteiger charge is -2.40. The van der Waals surface area contributed by atoms with Gasteiger partial charge in [0.25, 0.3) is 0 Å². The Morgan fingerprint density at radius 2 is 2.00 bits per heavy atom. The summed E-state index contributed by atoms with van der Waals surface area (Å²) in [6.07, 6.45) is 3.07. The van der Waals surface area contributed by atoms with Gasteiger partial charge in [-0.15, -0.1) is 0 Å². The summed E-state index contributed by atoms with van der Waals surface area (Å²) in [5.74, 6) is 0.550. The molecule has 2 fully saturated rings. The van der Waals surface area contributed by atoms with Crippen LogP contribution in [0.1, 0.15) is 47.0 Å². The van der Waals surface area contributed by atoms with Crippen molar-refractivity contribution in [2.75, 3.05) is 13.2 Å². The monoisotopic (exact) mass is 313 g/mol. The maximum atomic E-state index is 12.0. The fourth-order valence-corrected chi connectivity index (χ4v) is 4.10. The summed E-state index contributed by atoms with van der Waals surface area (Å²) in [5, 5.41) is 0.239. The normalized spacial score (nSPS) is 30.3. The molecule has 2 aliphatic rings. The molecule has 2 saturated heterocycles. The van der Waals surface area contributed by atoms with Crippen LogP contribution in [0.15, 0.2) is 0 Å². The fraction of sp³-hybridized carbons (Fsp3) is 0.938. The summed E-state index contributed by atoms with van der Waals surface area (Å²) in [7, 11) is -1.69. The molecular formula is C16H31NO3Si. The predicted octanol–water partition coefficient (Wildman–Crippen LogP) is 4.02. The van der Waals surface area contributed by atoms with Crippen LogP contribution < -0.4 is 0 Å². The standard InChI is InChI=1S/C16H31NO3Si/c1-12-7-8-13(17-14(12)11-19-15(17)18)9-10-20-21(5,6)16(2,3)4/h12-14H,7-11H2,1-6H3/t12-,13+,14+/m1/s1. The number of carbonyl (C=O) groups is 1. The van der Waals surface area contributed by atoms with Crippen LogP contribution in [0.5, 0.6) is 0 Å². The number of nitrogens with zero attached hydrogens (tertiary/aromatic N) is 1. The Morgan fingerprint density at radius 3 is 2.62 bits per heavy atom. The molecule has 2 heterocycles. The van der Waals surface area contributed by atoms with Crippen molar-refractivity contribution in [3.63, 3.8) is 0 Å². The number of carbonyl (C=O) groups excluding carboxylic acids is 1. The summed E-state index contributed by atoms with van der Waals surface area (Å²) < 4.78 is 11.5. The highest BCUT2D eigenvalue weighted by molar-refractivity contribution is 6.74. The highest BCUT2D eigenvalue weighted by Gasteiger charge is 2.44. The third-order valence-electron chi connectivity index (χ3n) is 5.67. The highest BCUT2D eigenvalue weighted by atomic mass is 28.4. The van der Waals surface area contributed by atoms with Crippen LogP contribution in [-0.4, -0.2) is 44.6 Å². The van der Waals surface area contributed by atoms with Gasteiger partial charge in [-0.25, -0.2) is 4.79 Å². The molecule has 0 saturated carbocycles. The SMILES string of the molecule is C[C@@H]1CC[C@@H](CCO[Si](C)(C)C(C)(C)C)N2C(=O)OC[C@@H]12. The molecule has 3 atom stereocenters. The molecule has 1 amide bonds. The van der Waals surface area contributed by atoms with E-state index in [4.69, 9.17) is 9.16 Å². The number of cyclic esters (lactones) is 1. The molecule has 0 aliphatic carbocycles. The van der Waals surface area contributed by atoms with Crippen LogP contribution in [0.4, 0.5) is 4.79 Å². The second-order valence-corrected chi connectivity index (χ2v) is 13.0. The lowest BCUT2D eigenvalue weighted by atomic mass is 9.87. The lowest BCUT2D eigenvalue weighted by molar-refractivity contribution is 0.0904. The zero-order valence-electron chi connectivity index (χ0n) is 14.4. The first-order valence-corrected chi connectivity index (χ1v) is 11.1. The predicted molar refractivity (Wildman–Crippen MR) is 86.9 cm³/mol. The van der Waals surface area contributed by atoms with Crippen molar-refractivity contribution in [3.05, 3.63) is 0 Å². The second-order valence-electron chi connectivity index (χ2n) is 8.16. The van der Waals surface area contributed by atoms with Gasteiger partial charge >= 0.3 is 6.09 Å². The van der Waals surface area contributed by atoms with E-state index in [9.17, 15) is 4.79 Å². The van der Waals surface area contributed by atoms with Crippen LogP contribution in [-0.2, 0) is 9.16 Å². The Balaban J connectivity index is 1.90. The number of ether oxygens (including phenoxy) is 1. The molecule has 0 aromatic heterocycles. The summed E-state index contributed by atoms with van der Waals surface area (Å²) in [4.78, 5) is 13.9. The van der Waals surface area contributed by atoms with Gasteiger partial charge in [0.05, 0.1) is 6.04 Å². The Kier molecular flexibility index (Phi) is 4.74. The van der Waals surface area contributed by atoms with Crippen molar-refractivity contribution >= 4 is 14.4 Å². The van der Waals surface area contributed by atoms with Crippen molar-refractivity contribution in [2.45, 2.75) is 77.2 Å². The van der Waals surface area contributed by atoms with Crippen molar-refractivity contribution < 1.29 is 14.0 Å². The summed E-state index contributed by atoms with van der Waals surface area (Å²) >= 11 is 0. The molecule has 2 aliphatic heterocycles. The van der Waals surface area contributed by atoms with Gasteiger partial charge in [0.2, 0.25) is 0 Å². The Labute approximate surface area is 130 Å². The number of hydrogen-bond acceptors (Lipinski definition) is 3. The first kappa shape index (κ1) is 16.8. The average Bonchev–Trinajstić information content (AvgIpc) is 2.74. The summed E-state index contributed by atoms with van der Waals surface area (Å²) in [6, 6.07) is 0.579. The smallest absolute Gasteiger partial charge is 0.410 e. The third kappa shape index (κ3) is 3.45. The van der Waals surface area contributed by atoms with Gasteiger partial charge in [-0.1, -0.05) is 27.7 Å². The van der Waals surface area contributed by atoms with Crippen molar-refractivity contribution in [1.29, 1.82) is 0 Å². The number of rotatable bonds is 4. The fourth-order valence-electron chi connectivity index (χ4n) is 3.04. The largest absolute Gasteiger partial charge is 0.447 e. The molecule has 0 aromatic carbocycles. The van der Waals surface area contributed by atoms with E-state index in [1.807, 2.05) is 4.90 Å². The molecule has 0 bridgehead atoms. The second kappa shape index (κ2) is 5.92. The Hall–Kier alpha value is -0.553. The third-order valence-corrected chi connectivity index (χ3v) is 10.2. The van der Waals surface area contributed by atoms with Gasteiger partial charge < -0.3 is 9.16 Å². The Morgan fingerprint density at radius 1 is 1.33 bits per heavy atom. The number of hydrogen-bond donors (Lipinski definition) is 0. The first-order chi connectivity index (χ1) is 9.63. The molecule has 0 N–H and O–H groups in total. The van der Waals surface area contributed by atoms with E-state index in [0.29, 0.717) is 18.6 Å². The van der Waals surface area contributed by atoms with Crippen molar-refractivity contribution in [1.82, 2.24) is 4.90 Å². The van der Waals surface area contributed by atoms with E-state index in [-0.39, 0.29) is 17.2 Å². The van der Waals surface area contributed by atoms with Gasteiger partial charge in [-0.2, -0.15) is 0 Å². The molecule has 4 nitrogen and oxygen atoms in total. The molecule has 21 heavy (non-hydrogen) atoms. The highest BCUT2D eigenvalue weighted by Crippen LogP contribution is 2.37. The zero-order valence-corrected chi connectivity index (χ0v) is 15.4. The Bertz CT molecular complexity index is 391. The van der Waals surface area contributed by atoms with Gasteiger partial charge in [-0.05, 0) is 43.3 Å². The van der Waals surface area contributed by atoms with E-state index in [1.54, 1.807) is 0 Å². The summed E-state index contributed by atoms with van der Waals surface area (Å²) in [5.41, 5.74) is 0. The minimum absolute atomic E-state index is 0.121. The molecule has 0 radical (unpaired) electrons. The topological polar surface area (TPSA) is 38.8 Å². The molecule has 0 aromatic rings. The van der Waals surface area contributed by atoms with Crippen LogP contribution in [0, 0.1) is 5.92 Å². The molecule has 2 rings (SSSR count). The van der Waals surface area contributed by atoms with E-state index in [1.165, 1.54) is 6.42 Å². The van der Waals surface area contributed by atoms with Crippen LogP contribution in [0.25, 0.3) is 0 Å². The average molecular weight is 314 g/mol. The zero-order chi connectivity index (χ0) is 15.8. The molecule has 0 unspecified atom stereocenters. The maximum Gasteiger partial charge on any atom is 0.410 e. The quantitative estimate of drug-likeness (QED) is 0.736. The van der Waals surface area contributed by atoms with Gasteiger partial charge in [-0.3, -0.25) is 4.90 Å². The number of amides is 1. The van der Waals surface area contributed by atoms with Crippen molar-refractivity contribution in [3.8, 4) is 0 Å². The molecule has 0 spiro atoms. The van der Waals surface area contributed by atoms with Gasteiger partial charge in [0, 0.05) is 12.6 Å². The minimum atomic E-state index is -1.69. The minimum Gasteiger partial charge on any atom is -0.447 e. The maximum absolute atomic E-state index is 12.0. The van der Waals surface area contributed by atoms with E-state index < -0.39 is 8.32 Å². The lowest BCUT2D eigenvalue weighted by Crippen LogP contribution is -2.50. The van der Waals surface area contributed by atoms with Crippen LogP contribution in [0.3, 0.4) is 0 Å². The number of fused-ring (bicyclic) bond motifs is 1. The van der Waals surface area contributed by atoms with E-state index in [2.05, 4.69) is 40.8 Å².